The van der Waals surface area contributed by atoms with Crippen LogP contribution in [0.5, 0.6) is 0 Å². The van der Waals surface area contributed by atoms with Crippen LogP contribution in [0.4, 0.5) is 19.3 Å². The quantitative estimate of drug-likeness (QED) is 0.412. The Bertz CT molecular complexity index is 908. The van der Waals surface area contributed by atoms with Crippen molar-refractivity contribution in [3.8, 4) is 11.3 Å². The summed E-state index contributed by atoms with van der Waals surface area (Å²) in [4.78, 5) is 26.7. The molecule has 0 unspecified atom stereocenters. The fraction of sp³-hybridized carbons (Fsp3) is 0.389. The summed E-state index contributed by atoms with van der Waals surface area (Å²) >= 11 is 0. The van der Waals surface area contributed by atoms with Crippen LogP contribution in [0.25, 0.3) is 11.3 Å². The minimum absolute atomic E-state index is 0.111. The zero-order valence-electron chi connectivity index (χ0n) is 16.1. The van der Waals surface area contributed by atoms with E-state index in [1.807, 2.05) is 0 Å². The van der Waals surface area contributed by atoms with Gasteiger partial charge >= 0.3 is 18.3 Å². The third kappa shape index (κ3) is 5.56. The van der Waals surface area contributed by atoms with Crippen LogP contribution >= 0.6 is 0 Å². The van der Waals surface area contributed by atoms with Crippen LogP contribution in [0.3, 0.4) is 0 Å². The Morgan fingerprint density at radius 2 is 2.17 bits per heavy atom. The molecule has 29 heavy (non-hydrogen) atoms. The molecular formula is C18H21F2N5O4. The lowest BCUT2D eigenvalue weighted by molar-refractivity contribution is -0.384. The summed E-state index contributed by atoms with van der Waals surface area (Å²) in [6.45, 7) is 5.68. The fourth-order valence-electron chi connectivity index (χ4n) is 2.57. The molecule has 9 nitrogen and oxygen atoms in total. The number of alkyl carbamates (subject to hydrolysis) is 1. The molecule has 0 radical (unpaired) electrons. The van der Waals surface area contributed by atoms with Gasteiger partial charge in [0, 0.05) is 11.8 Å². The minimum atomic E-state index is -3.07. The normalized spacial score (nSPS) is 12.5. The van der Waals surface area contributed by atoms with E-state index in [1.54, 1.807) is 26.8 Å². The van der Waals surface area contributed by atoms with Crippen molar-refractivity contribution < 1.29 is 23.2 Å². The van der Waals surface area contributed by atoms with Crippen molar-refractivity contribution in [2.45, 2.75) is 45.4 Å². The number of halogens is 2. The molecule has 0 aliphatic heterocycles. The summed E-state index contributed by atoms with van der Waals surface area (Å²) in [7, 11) is 0. The molecule has 11 heteroatoms. The number of nitrogens with one attached hydrogen (secondary N) is 1. The summed E-state index contributed by atoms with van der Waals surface area (Å²) in [5.41, 5.74) is -1.24. The van der Waals surface area contributed by atoms with Crippen LogP contribution < -0.4 is 5.32 Å². The standard InChI is InChI=1S/C18H21F2N5O4/c1-5-6-12(23-17(26)29-18(2,3)4)13-9-11(7-8-21-13)15-14(25(27)28)10-22-24(15)16(19)20/h5,7-10,12,16H,1,6H2,2-4H3,(H,23,26)/t12-/m0/s1. The van der Waals surface area contributed by atoms with Gasteiger partial charge in [-0.25, -0.2) is 4.79 Å². The first-order chi connectivity index (χ1) is 13.5. The highest BCUT2D eigenvalue weighted by Crippen LogP contribution is 2.33. The van der Waals surface area contributed by atoms with E-state index in [9.17, 15) is 23.7 Å². The molecule has 0 fully saturated rings. The molecule has 156 valence electrons. The summed E-state index contributed by atoms with van der Waals surface area (Å²) in [6.07, 6.45) is 3.19. The summed E-state index contributed by atoms with van der Waals surface area (Å²) < 4.78 is 32.0. The van der Waals surface area contributed by atoms with E-state index in [4.69, 9.17) is 4.74 Å². The first-order valence-electron chi connectivity index (χ1n) is 8.60. The summed E-state index contributed by atoms with van der Waals surface area (Å²) in [5, 5.41) is 17.3. The molecule has 0 aliphatic rings. The Balaban J connectivity index is 2.44. The molecule has 2 aromatic heterocycles. The minimum Gasteiger partial charge on any atom is -0.444 e. The Morgan fingerprint density at radius 1 is 1.48 bits per heavy atom. The third-order valence-electron chi connectivity index (χ3n) is 3.66. The average Bonchev–Trinajstić information content (AvgIpc) is 3.05. The first-order valence-corrected chi connectivity index (χ1v) is 8.60. The molecular weight excluding hydrogens is 388 g/mol. The molecule has 1 atom stereocenters. The van der Waals surface area contributed by atoms with Crippen LogP contribution in [0.2, 0.25) is 0 Å². The molecule has 0 saturated carbocycles. The molecule has 2 aromatic rings. The van der Waals surface area contributed by atoms with Gasteiger partial charge in [-0.15, -0.1) is 6.58 Å². The lowest BCUT2D eigenvalue weighted by atomic mass is 10.1. The highest BCUT2D eigenvalue weighted by atomic mass is 19.3. The number of hydrogen-bond donors (Lipinski definition) is 1. The predicted octanol–water partition coefficient (Wildman–Crippen LogP) is 4.39. The second kappa shape index (κ2) is 8.76. The number of carbonyl (C=O) groups is 1. The van der Waals surface area contributed by atoms with E-state index in [0.717, 1.165) is 6.20 Å². The molecule has 1 N–H and O–H groups in total. The molecule has 0 aliphatic carbocycles. The van der Waals surface area contributed by atoms with E-state index >= 15 is 0 Å². The van der Waals surface area contributed by atoms with Crippen LogP contribution in [0.1, 0.15) is 45.5 Å². The van der Waals surface area contributed by atoms with E-state index in [2.05, 4.69) is 22.0 Å². The summed E-state index contributed by atoms with van der Waals surface area (Å²) in [6, 6.07) is 2.06. The number of nitrogens with zero attached hydrogens (tertiary/aromatic N) is 4. The largest absolute Gasteiger partial charge is 0.444 e. The summed E-state index contributed by atoms with van der Waals surface area (Å²) in [5.74, 6) is 0. The van der Waals surface area contributed by atoms with Crippen molar-refractivity contribution >= 4 is 11.8 Å². The second-order valence-corrected chi connectivity index (χ2v) is 7.05. The van der Waals surface area contributed by atoms with Crippen molar-refractivity contribution in [2.24, 2.45) is 0 Å². The molecule has 0 bridgehead atoms. The number of rotatable bonds is 7. The number of ether oxygens (including phenoxy) is 1. The van der Waals surface area contributed by atoms with Crippen LogP contribution in [0, 0.1) is 10.1 Å². The molecule has 2 heterocycles. The number of hydrogen-bond acceptors (Lipinski definition) is 6. The van der Waals surface area contributed by atoms with Crippen molar-refractivity contribution in [3.63, 3.8) is 0 Å². The van der Waals surface area contributed by atoms with Gasteiger partial charge in [0.2, 0.25) is 0 Å². The van der Waals surface area contributed by atoms with Gasteiger partial charge < -0.3 is 10.1 Å². The number of carbonyl (C=O) groups excluding carboxylic acids is 1. The molecule has 2 rings (SSSR count). The third-order valence-corrected chi connectivity index (χ3v) is 3.66. The molecule has 1 amide bonds. The smallest absolute Gasteiger partial charge is 0.408 e. The van der Waals surface area contributed by atoms with Crippen molar-refractivity contribution in [2.75, 3.05) is 0 Å². The number of amides is 1. The monoisotopic (exact) mass is 409 g/mol. The number of aromatic nitrogens is 3. The van der Waals surface area contributed by atoms with Crippen LogP contribution in [-0.2, 0) is 4.74 Å². The predicted molar refractivity (Wildman–Crippen MR) is 100 cm³/mol. The average molecular weight is 409 g/mol. The Morgan fingerprint density at radius 3 is 2.72 bits per heavy atom. The lowest BCUT2D eigenvalue weighted by Gasteiger charge is -2.23. The highest BCUT2D eigenvalue weighted by molar-refractivity contribution is 5.71. The van der Waals surface area contributed by atoms with Gasteiger partial charge in [-0.05, 0) is 39.3 Å². The van der Waals surface area contributed by atoms with Crippen molar-refractivity contribution in [3.05, 3.63) is 53.0 Å². The maximum Gasteiger partial charge on any atom is 0.408 e. The van der Waals surface area contributed by atoms with E-state index in [1.165, 1.54) is 18.3 Å². The number of alkyl halides is 2. The maximum atomic E-state index is 13.3. The second-order valence-electron chi connectivity index (χ2n) is 7.05. The van der Waals surface area contributed by atoms with Gasteiger partial charge in [-0.2, -0.15) is 18.6 Å². The lowest BCUT2D eigenvalue weighted by Crippen LogP contribution is -2.35. The number of nitro groups is 1. The molecule has 0 spiro atoms. The van der Waals surface area contributed by atoms with Gasteiger partial charge in [0.15, 0.2) is 5.69 Å². The van der Waals surface area contributed by atoms with Gasteiger partial charge in [-0.1, -0.05) is 6.08 Å². The Labute approximate surface area is 165 Å². The van der Waals surface area contributed by atoms with Crippen LogP contribution in [0.15, 0.2) is 37.2 Å². The number of pyridine rings is 1. The topological polar surface area (TPSA) is 112 Å². The zero-order chi connectivity index (χ0) is 21.8. The SMILES string of the molecule is C=CC[C@H](NC(=O)OC(C)(C)C)c1cc(-c2c([N+](=O)[O-])cnn2C(F)F)ccn1. The van der Waals surface area contributed by atoms with Crippen molar-refractivity contribution in [1.82, 2.24) is 20.1 Å². The van der Waals surface area contributed by atoms with Gasteiger partial charge in [0.05, 0.1) is 16.7 Å². The fourth-order valence-corrected chi connectivity index (χ4v) is 2.57. The van der Waals surface area contributed by atoms with Gasteiger partial charge in [-0.3, -0.25) is 15.1 Å². The van der Waals surface area contributed by atoms with E-state index in [-0.39, 0.29) is 22.4 Å². The van der Waals surface area contributed by atoms with E-state index in [0.29, 0.717) is 5.69 Å². The zero-order valence-corrected chi connectivity index (χ0v) is 16.1. The highest BCUT2D eigenvalue weighted by Gasteiger charge is 2.27. The van der Waals surface area contributed by atoms with Crippen LogP contribution in [-0.4, -0.2) is 31.4 Å². The van der Waals surface area contributed by atoms with Gasteiger partial charge in [0.25, 0.3) is 0 Å². The Kier molecular flexibility index (Phi) is 6.62. The molecule has 0 aromatic carbocycles. The van der Waals surface area contributed by atoms with Gasteiger partial charge in [0.1, 0.15) is 11.8 Å². The molecule has 0 saturated heterocycles. The van der Waals surface area contributed by atoms with Crippen molar-refractivity contribution in [1.29, 1.82) is 0 Å². The maximum absolute atomic E-state index is 13.3. The van der Waals surface area contributed by atoms with E-state index < -0.39 is 34.9 Å². The Hall–Kier alpha value is -3.37. The first kappa shape index (κ1) is 21.9.